The van der Waals surface area contributed by atoms with Gasteiger partial charge in [-0.05, 0) is 34.4 Å². The van der Waals surface area contributed by atoms with E-state index in [2.05, 4.69) is 46.4 Å². The Morgan fingerprint density at radius 3 is 2.27 bits per heavy atom. The second-order valence-corrected chi connectivity index (χ2v) is 6.70. The van der Waals surface area contributed by atoms with Crippen molar-refractivity contribution in [2.45, 2.75) is 5.92 Å². The summed E-state index contributed by atoms with van der Waals surface area (Å²) in [5, 5.41) is 2.63. The molecule has 0 heterocycles. The first-order valence-corrected chi connectivity index (χ1v) is 9.52. The molecular weight excluding hydrogens is 376 g/mol. The Morgan fingerprint density at radius 1 is 0.933 bits per heavy atom. The highest BCUT2D eigenvalue weighted by Crippen LogP contribution is 2.44. The molecule has 0 spiro atoms. The van der Waals surface area contributed by atoms with Crippen LogP contribution in [-0.4, -0.2) is 25.3 Å². The van der Waals surface area contributed by atoms with Gasteiger partial charge in [-0.25, -0.2) is 9.59 Å². The molecule has 0 saturated heterocycles. The number of alkyl carbamates (subject to hydrolysis) is 1. The number of nitrogens with one attached hydrogen (secondary N) is 1. The van der Waals surface area contributed by atoms with Crippen LogP contribution in [0.1, 0.15) is 22.6 Å². The predicted molar refractivity (Wildman–Crippen MR) is 114 cm³/mol. The maximum absolute atomic E-state index is 12.1. The van der Waals surface area contributed by atoms with E-state index in [-0.39, 0.29) is 19.1 Å². The summed E-state index contributed by atoms with van der Waals surface area (Å²) in [4.78, 5) is 26.2. The van der Waals surface area contributed by atoms with Gasteiger partial charge in [0.05, 0.1) is 17.8 Å². The van der Waals surface area contributed by atoms with Gasteiger partial charge in [0, 0.05) is 5.92 Å². The van der Waals surface area contributed by atoms with E-state index in [0.29, 0.717) is 11.3 Å². The first-order valence-electron chi connectivity index (χ1n) is 9.52. The maximum Gasteiger partial charge on any atom is 0.407 e. The number of carbonyl (C=O) groups is 1. The summed E-state index contributed by atoms with van der Waals surface area (Å²) < 4.78 is 5.47. The summed E-state index contributed by atoms with van der Waals surface area (Å²) in [5.41, 5.74) is 5.74. The highest BCUT2D eigenvalue weighted by molar-refractivity contribution is 5.79. The van der Waals surface area contributed by atoms with Gasteiger partial charge in [0.25, 0.3) is 0 Å². The van der Waals surface area contributed by atoms with Gasteiger partial charge >= 0.3 is 6.09 Å². The van der Waals surface area contributed by atoms with E-state index in [1.54, 1.807) is 24.3 Å². The molecule has 1 N–H and O–H groups in total. The van der Waals surface area contributed by atoms with E-state index in [1.165, 1.54) is 28.3 Å². The first kappa shape index (κ1) is 19.2. The summed E-state index contributed by atoms with van der Waals surface area (Å²) in [5.74, 6) is 5.74. The standard InChI is InChI=1S/C25H18N2O3/c28-17-27-24-14-6-1-8-18(24)9-7-15-26-25(29)30-16-23-21-12-4-2-10-19(21)20-11-3-5-13-22(20)23/h1-6,8,10-14,23H,15-16H2,(H,26,29). The molecule has 3 aromatic rings. The molecule has 0 aliphatic heterocycles. The van der Waals surface area contributed by atoms with Crippen LogP contribution in [-0.2, 0) is 9.53 Å². The molecular formula is C25H18N2O3. The molecule has 0 aromatic heterocycles. The van der Waals surface area contributed by atoms with Crippen molar-refractivity contribution in [2.75, 3.05) is 13.2 Å². The molecule has 5 heteroatoms. The van der Waals surface area contributed by atoms with E-state index in [0.717, 1.165) is 0 Å². The fourth-order valence-electron chi connectivity index (χ4n) is 3.63. The minimum Gasteiger partial charge on any atom is -0.449 e. The van der Waals surface area contributed by atoms with Gasteiger partial charge in [0.2, 0.25) is 6.08 Å². The number of benzene rings is 3. The van der Waals surface area contributed by atoms with Crippen LogP contribution in [0, 0.1) is 11.8 Å². The minimum atomic E-state index is -0.523. The first-order chi connectivity index (χ1) is 14.8. The minimum absolute atomic E-state index is 0.0160. The Morgan fingerprint density at radius 2 is 1.57 bits per heavy atom. The smallest absolute Gasteiger partial charge is 0.407 e. The van der Waals surface area contributed by atoms with Gasteiger partial charge in [0.15, 0.2) is 0 Å². The van der Waals surface area contributed by atoms with E-state index in [1.807, 2.05) is 24.3 Å². The number of rotatable bonds is 4. The van der Waals surface area contributed by atoms with E-state index in [9.17, 15) is 9.59 Å². The Hall–Kier alpha value is -4.13. The normalized spacial score (nSPS) is 11.3. The van der Waals surface area contributed by atoms with Gasteiger partial charge < -0.3 is 10.1 Å². The topological polar surface area (TPSA) is 67.8 Å². The van der Waals surface area contributed by atoms with E-state index < -0.39 is 6.09 Å². The van der Waals surface area contributed by atoms with Gasteiger partial charge in [-0.2, -0.15) is 4.99 Å². The monoisotopic (exact) mass is 394 g/mol. The Labute approximate surface area is 174 Å². The molecule has 3 aromatic carbocycles. The molecule has 0 fully saturated rings. The van der Waals surface area contributed by atoms with Crippen molar-refractivity contribution in [1.82, 2.24) is 5.32 Å². The fraction of sp³-hybridized carbons (Fsp3) is 0.120. The molecule has 5 nitrogen and oxygen atoms in total. The summed E-state index contributed by atoms with van der Waals surface area (Å²) in [6.07, 6.45) is 0.985. The SMILES string of the molecule is O=C=Nc1ccccc1C#CCNC(=O)OCC1c2ccccc2-c2ccccc21. The van der Waals surface area contributed by atoms with Gasteiger partial charge in [-0.1, -0.05) is 72.5 Å². The quantitative estimate of drug-likeness (QED) is 0.401. The zero-order chi connectivity index (χ0) is 20.8. The van der Waals surface area contributed by atoms with Crippen LogP contribution in [0.15, 0.2) is 77.8 Å². The largest absolute Gasteiger partial charge is 0.449 e. The van der Waals surface area contributed by atoms with Crippen LogP contribution >= 0.6 is 0 Å². The Balaban J connectivity index is 1.36. The molecule has 0 atom stereocenters. The summed E-state index contributed by atoms with van der Waals surface area (Å²) >= 11 is 0. The van der Waals surface area contributed by atoms with Crippen molar-refractivity contribution in [3.63, 3.8) is 0 Å². The number of fused-ring (bicyclic) bond motifs is 3. The fourth-order valence-corrected chi connectivity index (χ4v) is 3.63. The number of isocyanates is 1. The predicted octanol–water partition coefficient (Wildman–Crippen LogP) is 4.54. The second-order valence-electron chi connectivity index (χ2n) is 6.70. The van der Waals surface area contributed by atoms with Gasteiger partial charge in [-0.15, -0.1) is 0 Å². The van der Waals surface area contributed by atoms with Crippen molar-refractivity contribution >= 4 is 17.9 Å². The van der Waals surface area contributed by atoms with Crippen LogP contribution in [0.3, 0.4) is 0 Å². The number of aliphatic imine (C=N–C) groups is 1. The number of amides is 1. The molecule has 30 heavy (non-hydrogen) atoms. The molecule has 0 saturated carbocycles. The summed E-state index contributed by atoms with van der Waals surface area (Å²) in [6.45, 7) is 0.375. The highest BCUT2D eigenvalue weighted by atomic mass is 16.5. The highest BCUT2D eigenvalue weighted by Gasteiger charge is 2.28. The molecule has 0 bridgehead atoms. The van der Waals surface area contributed by atoms with Crippen LogP contribution in [0.5, 0.6) is 0 Å². The average Bonchev–Trinajstić information content (AvgIpc) is 3.10. The molecule has 146 valence electrons. The number of ether oxygens (including phenoxy) is 1. The molecule has 0 radical (unpaired) electrons. The number of carbonyl (C=O) groups excluding carboxylic acids is 2. The van der Waals surface area contributed by atoms with Crippen molar-refractivity contribution in [3.8, 4) is 23.0 Å². The van der Waals surface area contributed by atoms with Crippen LogP contribution in [0.25, 0.3) is 11.1 Å². The van der Waals surface area contributed by atoms with Crippen molar-refractivity contribution < 1.29 is 14.3 Å². The van der Waals surface area contributed by atoms with Crippen LogP contribution < -0.4 is 5.32 Å². The van der Waals surface area contributed by atoms with Gasteiger partial charge in [0.1, 0.15) is 6.61 Å². The van der Waals surface area contributed by atoms with Crippen LogP contribution in [0.4, 0.5) is 10.5 Å². The molecule has 1 aliphatic carbocycles. The lowest BCUT2D eigenvalue weighted by Gasteiger charge is -2.14. The van der Waals surface area contributed by atoms with Crippen molar-refractivity contribution in [1.29, 1.82) is 0 Å². The van der Waals surface area contributed by atoms with Gasteiger partial charge in [-0.3, -0.25) is 0 Å². The summed E-state index contributed by atoms with van der Waals surface area (Å²) in [6, 6.07) is 23.4. The molecule has 4 rings (SSSR count). The molecule has 1 amide bonds. The third-order valence-corrected chi connectivity index (χ3v) is 4.96. The number of para-hydroxylation sites is 1. The number of nitrogens with zero attached hydrogens (tertiary/aromatic N) is 1. The summed E-state index contributed by atoms with van der Waals surface area (Å²) in [7, 11) is 0. The Kier molecular flexibility index (Phi) is 5.70. The zero-order valence-electron chi connectivity index (χ0n) is 16.1. The molecule has 1 aliphatic rings. The lowest BCUT2D eigenvalue weighted by Crippen LogP contribution is -2.26. The number of hydrogen-bond acceptors (Lipinski definition) is 4. The van der Waals surface area contributed by atoms with E-state index in [4.69, 9.17) is 4.74 Å². The van der Waals surface area contributed by atoms with Crippen molar-refractivity contribution in [2.24, 2.45) is 4.99 Å². The maximum atomic E-state index is 12.1. The lowest BCUT2D eigenvalue weighted by atomic mass is 9.98. The Bertz CT molecular complexity index is 1150. The van der Waals surface area contributed by atoms with E-state index >= 15 is 0 Å². The third kappa shape index (κ3) is 4.00. The molecule has 0 unspecified atom stereocenters. The number of hydrogen-bond donors (Lipinski definition) is 1. The lowest BCUT2D eigenvalue weighted by molar-refractivity contribution is 0.144. The average molecular weight is 394 g/mol. The zero-order valence-corrected chi connectivity index (χ0v) is 16.1. The third-order valence-electron chi connectivity index (χ3n) is 4.96. The van der Waals surface area contributed by atoms with Crippen molar-refractivity contribution in [3.05, 3.63) is 89.5 Å². The second kappa shape index (κ2) is 8.91. The van der Waals surface area contributed by atoms with Crippen LogP contribution in [0.2, 0.25) is 0 Å².